The fraction of sp³-hybridized carbons (Fsp3) is 0.647. The van der Waals surface area contributed by atoms with Crippen LogP contribution in [0, 0.1) is 6.92 Å². The Bertz CT molecular complexity index is 493. The molecule has 2 unspecified atom stereocenters. The lowest BCUT2D eigenvalue weighted by Crippen LogP contribution is -2.37. The third-order valence-electron chi connectivity index (χ3n) is 4.18. The monoisotopic (exact) mass is 328 g/mol. The summed E-state index contributed by atoms with van der Waals surface area (Å²) in [6.45, 7) is 4.09. The molecule has 0 saturated carbocycles. The first kappa shape index (κ1) is 18.1. The number of alkyl halides is 2. The molecular weight excluding hydrogens is 302 g/mol. The molecule has 4 nitrogen and oxygen atoms in total. The van der Waals surface area contributed by atoms with Crippen LogP contribution in [0.2, 0.25) is 0 Å². The van der Waals surface area contributed by atoms with Crippen molar-refractivity contribution in [2.24, 2.45) is 0 Å². The third kappa shape index (κ3) is 5.71. The number of nitrogens with zero attached hydrogens (tertiary/aromatic N) is 1. The van der Waals surface area contributed by atoms with Crippen molar-refractivity contribution in [3.8, 4) is 5.75 Å². The molecule has 1 fully saturated rings. The highest BCUT2D eigenvalue weighted by Crippen LogP contribution is 2.27. The number of nitrogens with one attached hydrogen (secondary N) is 1. The average Bonchev–Trinajstić information content (AvgIpc) is 2.99. The Morgan fingerprint density at radius 3 is 2.65 bits per heavy atom. The van der Waals surface area contributed by atoms with Gasteiger partial charge in [0.05, 0.1) is 6.10 Å². The van der Waals surface area contributed by atoms with E-state index in [9.17, 15) is 13.9 Å². The van der Waals surface area contributed by atoms with Gasteiger partial charge in [-0.05, 0) is 45.8 Å². The zero-order chi connectivity index (χ0) is 16.8. The lowest BCUT2D eigenvalue weighted by atomic mass is 10.0. The van der Waals surface area contributed by atoms with Gasteiger partial charge in [0.2, 0.25) is 0 Å². The van der Waals surface area contributed by atoms with E-state index >= 15 is 0 Å². The molecule has 1 aromatic carbocycles. The molecule has 1 saturated heterocycles. The molecule has 1 aromatic rings. The summed E-state index contributed by atoms with van der Waals surface area (Å²) in [5, 5.41) is 13.3. The molecule has 2 atom stereocenters. The Balaban J connectivity index is 1.91. The maximum Gasteiger partial charge on any atom is 0.387 e. The van der Waals surface area contributed by atoms with Crippen molar-refractivity contribution in [3.05, 3.63) is 29.3 Å². The highest BCUT2D eigenvalue weighted by atomic mass is 19.3. The van der Waals surface area contributed by atoms with Gasteiger partial charge in [-0.25, -0.2) is 0 Å². The first-order valence-corrected chi connectivity index (χ1v) is 8.15. The number of rotatable bonds is 8. The Kier molecular flexibility index (Phi) is 6.74. The summed E-state index contributed by atoms with van der Waals surface area (Å²) in [5.41, 5.74) is 1.66. The first-order valence-electron chi connectivity index (χ1n) is 8.15. The number of hydrogen-bond acceptors (Lipinski definition) is 4. The predicted octanol–water partition coefficient (Wildman–Crippen LogP) is 2.70. The molecule has 0 bridgehead atoms. The van der Waals surface area contributed by atoms with Crippen molar-refractivity contribution in [3.63, 3.8) is 0 Å². The number of likely N-dealkylation sites (tertiary alicyclic amines) is 1. The van der Waals surface area contributed by atoms with Crippen LogP contribution in [0.3, 0.4) is 0 Å². The normalized spacial score (nSPS) is 18.3. The van der Waals surface area contributed by atoms with E-state index in [1.165, 1.54) is 12.8 Å². The molecule has 1 heterocycles. The topological polar surface area (TPSA) is 44.7 Å². The second kappa shape index (κ2) is 8.57. The Hall–Kier alpha value is -1.24. The molecule has 0 spiro atoms. The Labute approximate surface area is 136 Å². The summed E-state index contributed by atoms with van der Waals surface area (Å²) in [7, 11) is 0. The van der Waals surface area contributed by atoms with E-state index in [4.69, 9.17) is 0 Å². The predicted molar refractivity (Wildman–Crippen MR) is 85.9 cm³/mol. The van der Waals surface area contributed by atoms with E-state index < -0.39 is 12.7 Å². The van der Waals surface area contributed by atoms with Gasteiger partial charge >= 0.3 is 6.61 Å². The molecule has 0 aromatic heterocycles. The minimum Gasteiger partial charge on any atom is -0.434 e. The molecular formula is C17H26F2N2O2. The summed E-state index contributed by atoms with van der Waals surface area (Å²) >= 11 is 0. The second-order valence-corrected chi connectivity index (χ2v) is 6.21. The number of benzene rings is 1. The number of β-amino-alcohol motifs (C(OH)–C–C–N with tert-alkyl or cyclic N) is 1. The Morgan fingerprint density at radius 1 is 1.30 bits per heavy atom. The quantitative estimate of drug-likeness (QED) is 0.770. The van der Waals surface area contributed by atoms with Gasteiger partial charge in [0.15, 0.2) is 0 Å². The van der Waals surface area contributed by atoms with E-state index in [1.807, 2.05) is 19.9 Å². The van der Waals surface area contributed by atoms with Crippen molar-refractivity contribution >= 4 is 0 Å². The zero-order valence-electron chi connectivity index (χ0n) is 13.8. The van der Waals surface area contributed by atoms with Crippen LogP contribution < -0.4 is 10.1 Å². The number of hydrogen-bond donors (Lipinski definition) is 2. The molecule has 0 amide bonds. The largest absolute Gasteiger partial charge is 0.434 e. The highest BCUT2D eigenvalue weighted by Gasteiger charge is 2.18. The summed E-state index contributed by atoms with van der Waals surface area (Å²) in [6.07, 6.45) is 1.90. The van der Waals surface area contributed by atoms with Crippen molar-refractivity contribution in [2.45, 2.75) is 45.4 Å². The van der Waals surface area contributed by atoms with Crippen LogP contribution in [-0.2, 0) is 0 Å². The first-order chi connectivity index (χ1) is 11.0. The van der Waals surface area contributed by atoms with Crippen molar-refractivity contribution in [1.82, 2.24) is 10.2 Å². The van der Waals surface area contributed by atoms with Crippen LogP contribution in [0.5, 0.6) is 5.75 Å². The smallest absolute Gasteiger partial charge is 0.387 e. The Morgan fingerprint density at radius 2 is 2.00 bits per heavy atom. The molecule has 2 rings (SSSR count). The fourth-order valence-electron chi connectivity index (χ4n) is 2.96. The van der Waals surface area contributed by atoms with Crippen LogP contribution in [0.1, 0.15) is 36.9 Å². The van der Waals surface area contributed by atoms with Crippen molar-refractivity contribution < 1.29 is 18.6 Å². The molecule has 0 aliphatic carbocycles. The number of ether oxygens (including phenoxy) is 1. The summed E-state index contributed by atoms with van der Waals surface area (Å²) < 4.78 is 29.6. The van der Waals surface area contributed by atoms with Crippen molar-refractivity contribution in [1.29, 1.82) is 0 Å². The van der Waals surface area contributed by atoms with Gasteiger partial charge in [-0.3, -0.25) is 0 Å². The summed E-state index contributed by atoms with van der Waals surface area (Å²) in [5.74, 6) is 0.180. The lowest BCUT2D eigenvalue weighted by molar-refractivity contribution is -0.0507. The molecule has 130 valence electrons. The highest BCUT2D eigenvalue weighted by molar-refractivity contribution is 5.39. The summed E-state index contributed by atoms with van der Waals surface area (Å²) in [4.78, 5) is 2.25. The van der Waals surface area contributed by atoms with Crippen LogP contribution in [0.15, 0.2) is 18.2 Å². The summed E-state index contributed by atoms with van der Waals surface area (Å²) in [6, 6.07) is 4.96. The van der Waals surface area contributed by atoms with Gasteiger partial charge < -0.3 is 20.1 Å². The zero-order valence-corrected chi connectivity index (χ0v) is 13.8. The molecule has 0 radical (unpaired) electrons. The third-order valence-corrected chi connectivity index (χ3v) is 4.18. The number of halogens is 2. The van der Waals surface area contributed by atoms with Gasteiger partial charge in [0, 0.05) is 24.7 Å². The molecule has 23 heavy (non-hydrogen) atoms. The van der Waals surface area contributed by atoms with Crippen molar-refractivity contribution in [2.75, 3.05) is 26.2 Å². The number of aliphatic hydroxyl groups excluding tert-OH is 1. The van der Waals surface area contributed by atoms with E-state index in [1.54, 1.807) is 12.1 Å². The molecule has 1 aliphatic rings. The standard InChI is InChI=1S/C17H26F2N2O2/c1-12-5-6-16(23-17(18)19)15(9-12)13(2)20-10-14(22)11-21-7-3-4-8-21/h5-6,9,13-14,17,20,22H,3-4,7-8,10-11H2,1-2H3. The number of aliphatic hydroxyl groups is 1. The van der Waals surface area contributed by atoms with Gasteiger partial charge in [-0.15, -0.1) is 0 Å². The molecule has 6 heteroatoms. The van der Waals surface area contributed by atoms with Crippen LogP contribution in [0.4, 0.5) is 8.78 Å². The van der Waals surface area contributed by atoms with Gasteiger partial charge in [-0.1, -0.05) is 17.7 Å². The lowest BCUT2D eigenvalue weighted by Gasteiger charge is -2.23. The minimum absolute atomic E-state index is 0.180. The average molecular weight is 328 g/mol. The van der Waals surface area contributed by atoms with E-state index in [2.05, 4.69) is 15.0 Å². The van der Waals surface area contributed by atoms with Gasteiger partial charge in [0.1, 0.15) is 5.75 Å². The van der Waals surface area contributed by atoms with Crippen LogP contribution >= 0.6 is 0 Å². The maximum absolute atomic E-state index is 12.5. The number of aryl methyl sites for hydroxylation is 1. The van der Waals surface area contributed by atoms with E-state index in [0.717, 1.165) is 18.7 Å². The van der Waals surface area contributed by atoms with E-state index in [-0.39, 0.29) is 11.8 Å². The van der Waals surface area contributed by atoms with Gasteiger partial charge in [0.25, 0.3) is 0 Å². The van der Waals surface area contributed by atoms with Gasteiger partial charge in [-0.2, -0.15) is 8.78 Å². The SMILES string of the molecule is Cc1ccc(OC(F)F)c(C(C)NCC(O)CN2CCCC2)c1. The molecule has 2 N–H and O–H groups in total. The molecule has 1 aliphatic heterocycles. The minimum atomic E-state index is -2.84. The fourth-order valence-corrected chi connectivity index (χ4v) is 2.96. The van der Waals surface area contributed by atoms with E-state index in [0.29, 0.717) is 18.7 Å². The second-order valence-electron chi connectivity index (χ2n) is 6.21. The maximum atomic E-state index is 12.5. The van der Waals surface area contributed by atoms with Crippen LogP contribution in [-0.4, -0.2) is 48.9 Å². The van der Waals surface area contributed by atoms with Crippen LogP contribution in [0.25, 0.3) is 0 Å².